The van der Waals surface area contributed by atoms with Crippen molar-refractivity contribution in [1.29, 1.82) is 0 Å². The Bertz CT molecular complexity index is 1200. The number of fused-ring (bicyclic) bond motifs is 3. The predicted molar refractivity (Wildman–Crippen MR) is 112 cm³/mol. The molecule has 0 aromatic heterocycles. The maximum absolute atomic E-state index is 13.4. The smallest absolute Gasteiger partial charge is 0.255 e. The van der Waals surface area contributed by atoms with Crippen LogP contribution in [0, 0.1) is 11.8 Å². The van der Waals surface area contributed by atoms with Crippen LogP contribution in [0.3, 0.4) is 0 Å². The zero-order chi connectivity index (χ0) is 25.5. The quantitative estimate of drug-likeness (QED) is 0.217. The second-order valence-corrected chi connectivity index (χ2v) is 9.00. The summed E-state index contributed by atoms with van der Waals surface area (Å²) < 4.78 is 0. The van der Waals surface area contributed by atoms with E-state index in [1.165, 1.54) is 31.1 Å². The van der Waals surface area contributed by atoms with Crippen LogP contribution in [-0.4, -0.2) is 96.6 Å². The number of Topliss-reactive ketones (excluding diaryl/α,β-unsaturated/α-hetero) is 2. The number of likely N-dealkylation sites (N-methyl/N-ethyl adjacent to an activating group) is 1. The molecule has 1 aromatic carbocycles. The van der Waals surface area contributed by atoms with E-state index < -0.39 is 93.2 Å². The lowest BCUT2D eigenvalue weighted by molar-refractivity contribution is -0.180. The lowest BCUT2D eigenvalue weighted by atomic mass is 9.54. The van der Waals surface area contributed by atoms with Gasteiger partial charge >= 0.3 is 0 Å². The number of amides is 1. The number of nitrogens with two attached hydrogens (primary N) is 1. The lowest BCUT2D eigenvalue weighted by Gasteiger charge is -2.55. The number of primary amides is 1. The van der Waals surface area contributed by atoms with Gasteiger partial charge in [-0.15, -0.1) is 0 Å². The van der Waals surface area contributed by atoms with Crippen LogP contribution < -0.4 is 5.73 Å². The van der Waals surface area contributed by atoms with E-state index in [1.807, 2.05) is 0 Å². The Morgan fingerprint density at radius 1 is 1.15 bits per heavy atom. The fraction of sp³-hybridized carbons (Fsp3) is 0.409. The molecule has 0 heterocycles. The van der Waals surface area contributed by atoms with Crippen molar-refractivity contribution >= 4 is 17.5 Å². The number of phenolic OH excluding ortho intramolecular Hbond substituents is 1. The molecule has 0 aliphatic heterocycles. The minimum atomic E-state index is -3.11. The summed E-state index contributed by atoms with van der Waals surface area (Å²) >= 11 is 0. The van der Waals surface area contributed by atoms with E-state index in [0.29, 0.717) is 0 Å². The molecule has 0 bridgehead atoms. The average molecular weight is 476 g/mol. The number of carbonyl (C=O) groups excluding carboxylic acids is 3. The number of carbonyl (C=O) groups is 3. The van der Waals surface area contributed by atoms with Crippen LogP contribution >= 0.6 is 0 Å². The number of rotatable bonds is 3. The van der Waals surface area contributed by atoms with E-state index >= 15 is 0 Å². The molecule has 12 nitrogen and oxygen atoms in total. The highest BCUT2D eigenvalue weighted by atomic mass is 16.4. The number of aliphatic hydroxyl groups excluding tert-OH is 4. The first-order valence-electron chi connectivity index (χ1n) is 10.2. The fourth-order valence-corrected chi connectivity index (χ4v) is 5.63. The van der Waals surface area contributed by atoms with E-state index in [9.17, 15) is 50.1 Å². The SMILES string of the molecule is CN(C)C1C(O)=C(C(N)=O)C(=O)C2(O)C(O)=C3C(=O)c4c(O)cccc4C(O)(CO)C3C(O)C12. The molecule has 182 valence electrons. The van der Waals surface area contributed by atoms with Crippen LogP contribution in [0.4, 0.5) is 0 Å². The molecule has 0 saturated carbocycles. The maximum Gasteiger partial charge on any atom is 0.255 e. The molecule has 1 aromatic rings. The Morgan fingerprint density at radius 2 is 1.76 bits per heavy atom. The summed E-state index contributed by atoms with van der Waals surface area (Å²) in [4.78, 5) is 39.8. The van der Waals surface area contributed by atoms with Gasteiger partial charge in [-0.25, -0.2) is 0 Å². The number of aromatic hydroxyl groups is 1. The van der Waals surface area contributed by atoms with Crippen LogP contribution in [0.15, 0.2) is 40.9 Å². The van der Waals surface area contributed by atoms with Crippen molar-refractivity contribution in [1.82, 2.24) is 4.90 Å². The number of nitrogens with zero attached hydrogens (tertiary/aromatic N) is 1. The minimum absolute atomic E-state index is 0.243. The van der Waals surface area contributed by atoms with E-state index in [0.717, 1.165) is 6.07 Å². The molecule has 6 atom stereocenters. The third-order valence-electron chi connectivity index (χ3n) is 7.11. The highest BCUT2D eigenvalue weighted by Crippen LogP contribution is 2.56. The summed E-state index contributed by atoms with van der Waals surface area (Å²) in [5.41, 5.74) is -2.92. The molecule has 1 amide bonds. The summed E-state index contributed by atoms with van der Waals surface area (Å²) in [6.07, 6.45) is -2.03. The topological polar surface area (TPSA) is 222 Å². The zero-order valence-corrected chi connectivity index (χ0v) is 18.1. The van der Waals surface area contributed by atoms with Crippen LogP contribution in [0.2, 0.25) is 0 Å². The van der Waals surface area contributed by atoms with E-state index in [4.69, 9.17) is 5.73 Å². The van der Waals surface area contributed by atoms with Gasteiger partial charge in [0.2, 0.25) is 5.78 Å². The van der Waals surface area contributed by atoms with Gasteiger partial charge in [0.1, 0.15) is 28.4 Å². The normalized spacial score (nSPS) is 35.3. The van der Waals surface area contributed by atoms with Crippen molar-refractivity contribution < 1.29 is 50.1 Å². The van der Waals surface area contributed by atoms with Gasteiger partial charge in [-0.2, -0.15) is 0 Å². The third kappa shape index (κ3) is 2.62. The van der Waals surface area contributed by atoms with Crippen molar-refractivity contribution in [2.24, 2.45) is 17.6 Å². The molecule has 0 spiro atoms. The average Bonchev–Trinajstić information content (AvgIpc) is 2.76. The van der Waals surface area contributed by atoms with Crippen LogP contribution in [-0.2, 0) is 15.2 Å². The fourth-order valence-electron chi connectivity index (χ4n) is 5.63. The van der Waals surface area contributed by atoms with Crippen LogP contribution in [0.1, 0.15) is 15.9 Å². The number of hydrogen-bond acceptors (Lipinski definition) is 11. The van der Waals surface area contributed by atoms with Gasteiger partial charge in [-0.3, -0.25) is 19.3 Å². The standard InChI is InChI=1S/C22H24N2O10/c1-24(2)14-13-17(29)12-10(18(30)22(13,34)19(31)11(16(14)28)20(23)32)15(27)9-7(21(12,33)6-25)4-3-5-8(9)26/h3-5,12-14,17,25-26,28-30,33-34H,6H2,1-2H3,(H2,23,32). The number of phenols is 1. The molecule has 4 rings (SSSR count). The first kappa shape index (κ1) is 23.9. The molecule has 6 unspecified atom stereocenters. The molecule has 0 saturated heterocycles. The van der Waals surface area contributed by atoms with Gasteiger partial charge in [0, 0.05) is 5.56 Å². The Labute approximate surface area is 192 Å². The largest absolute Gasteiger partial charge is 0.510 e. The molecule has 0 radical (unpaired) electrons. The summed E-state index contributed by atoms with van der Waals surface area (Å²) in [7, 11) is 2.77. The van der Waals surface area contributed by atoms with Gasteiger partial charge in [-0.05, 0) is 20.2 Å². The molecule has 9 N–H and O–H groups in total. The first-order chi connectivity index (χ1) is 15.8. The Hall–Kier alpha value is -3.29. The van der Waals surface area contributed by atoms with Crippen molar-refractivity contribution in [3.63, 3.8) is 0 Å². The van der Waals surface area contributed by atoms with Gasteiger partial charge < -0.3 is 41.5 Å². The van der Waals surface area contributed by atoms with Crippen molar-refractivity contribution in [3.8, 4) is 5.75 Å². The van der Waals surface area contributed by atoms with Crippen LogP contribution in [0.5, 0.6) is 5.75 Å². The van der Waals surface area contributed by atoms with E-state index in [1.54, 1.807) is 0 Å². The monoisotopic (exact) mass is 476 g/mol. The zero-order valence-electron chi connectivity index (χ0n) is 18.1. The number of benzene rings is 1. The van der Waals surface area contributed by atoms with Gasteiger partial charge in [0.25, 0.3) is 5.91 Å². The van der Waals surface area contributed by atoms with Gasteiger partial charge in [0.05, 0.1) is 41.7 Å². The van der Waals surface area contributed by atoms with Gasteiger partial charge in [-0.1, -0.05) is 12.1 Å². The predicted octanol–water partition coefficient (Wildman–Crippen LogP) is -2.27. The lowest BCUT2D eigenvalue weighted by Crippen LogP contribution is -2.70. The molecule has 34 heavy (non-hydrogen) atoms. The van der Waals surface area contributed by atoms with Crippen LogP contribution in [0.25, 0.3) is 0 Å². The third-order valence-corrected chi connectivity index (χ3v) is 7.11. The summed E-state index contributed by atoms with van der Waals surface area (Å²) in [6.45, 7) is -1.09. The summed E-state index contributed by atoms with van der Waals surface area (Å²) in [6, 6.07) is 2.17. The Balaban J connectivity index is 2.12. The minimum Gasteiger partial charge on any atom is -0.510 e. The Kier molecular flexibility index (Phi) is 5.16. The summed E-state index contributed by atoms with van der Waals surface area (Å²) in [5, 5.41) is 76.8. The molecular weight excluding hydrogens is 452 g/mol. The number of aliphatic hydroxyl groups is 6. The highest BCUT2D eigenvalue weighted by Gasteiger charge is 2.69. The number of hydrogen-bond donors (Lipinski definition) is 8. The molecular formula is C22H24N2O10. The summed E-state index contributed by atoms with van der Waals surface area (Å²) in [5.74, 6) is -10.5. The number of ketones is 2. The molecule has 0 fully saturated rings. The van der Waals surface area contributed by atoms with E-state index in [-0.39, 0.29) is 5.56 Å². The maximum atomic E-state index is 13.4. The first-order valence-corrected chi connectivity index (χ1v) is 10.2. The molecule has 12 heteroatoms. The second-order valence-electron chi connectivity index (χ2n) is 9.00. The highest BCUT2D eigenvalue weighted by molar-refractivity contribution is 6.25. The van der Waals surface area contributed by atoms with Gasteiger partial charge in [0.15, 0.2) is 11.4 Å². The second kappa shape index (κ2) is 7.35. The Morgan fingerprint density at radius 3 is 2.29 bits per heavy atom. The molecule has 3 aliphatic rings. The van der Waals surface area contributed by atoms with Crippen molar-refractivity contribution in [3.05, 3.63) is 52.0 Å². The van der Waals surface area contributed by atoms with Crippen molar-refractivity contribution in [2.45, 2.75) is 23.3 Å². The molecule has 3 aliphatic carbocycles. The van der Waals surface area contributed by atoms with Crippen molar-refractivity contribution in [2.75, 3.05) is 20.7 Å². The van der Waals surface area contributed by atoms with E-state index in [2.05, 4.69) is 0 Å².